The van der Waals surface area contributed by atoms with Crippen LogP contribution in [-0.2, 0) is 0 Å². The zero-order valence-electron chi connectivity index (χ0n) is 12.2. The van der Waals surface area contributed by atoms with E-state index in [4.69, 9.17) is 0 Å². The van der Waals surface area contributed by atoms with Gasteiger partial charge in [-0.1, -0.05) is 38.1 Å². The van der Waals surface area contributed by atoms with Crippen LogP contribution in [0.5, 0.6) is 0 Å². The van der Waals surface area contributed by atoms with Crippen LogP contribution in [-0.4, -0.2) is 36.4 Å². The number of H-pyrrole nitrogens is 1. The number of hydrogen-bond donors (Lipinski definition) is 2. The predicted molar refractivity (Wildman–Crippen MR) is 83.2 cm³/mol. The molecule has 0 amide bonds. The lowest BCUT2D eigenvalue weighted by Gasteiger charge is -2.26. The van der Waals surface area contributed by atoms with Crippen LogP contribution in [0.2, 0.25) is 0 Å². The normalized spacial score (nSPS) is 15.8. The number of nitrogens with one attached hydrogen (secondary N) is 2. The summed E-state index contributed by atoms with van der Waals surface area (Å²) >= 11 is 0. The van der Waals surface area contributed by atoms with E-state index in [1.165, 1.54) is 11.1 Å². The molecule has 1 aliphatic rings. The maximum atomic E-state index is 4.45. The quantitative estimate of drug-likeness (QED) is 0.901. The Morgan fingerprint density at radius 3 is 2.45 bits per heavy atom. The second kappa shape index (κ2) is 5.67. The maximum absolute atomic E-state index is 4.45. The van der Waals surface area contributed by atoms with Gasteiger partial charge in [0.1, 0.15) is 0 Å². The Balaban J connectivity index is 1.78. The SMILES string of the molecule is CC(C)c1ccc(-c2cc(N3CCNCC3)n[nH]2)cc1. The largest absolute Gasteiger partial charge is 0.353 e. The van der Waals surface area contributed by atoms with Gasteiger partial charge in [-0.25, -0.2) is 0 Å². The zero-order chi connectivity index (χ0) is 13.9. The van der Waals surface area contributed by atoms with E-state index in [9.17, 15) is 0 Å². The van der Waals surface area contributed by atoms with Gasteiger partial charge in [0, 0.05) is 32.2 Å². The average Bonchev–Trinajstić information content (AvgIpc) is 2.98. The lowest BCUT2D eigenvalue weighted by Crippen LogP contribution is -2.43. The first kappa shape index (κ1) is 13.2. The number of aromatic amines is 1. The number of rotatable bonds is 3. The second-order valence-electron chi connectivity index (χ2n) is 5.65. The standard InChI is InChI=1S/C16H22N4/c1-12(2)13-3-5-14(6-4-13)15-11-16(19-18-15)20-9-7-17-8-10-20/h3-6,11-12,17H,7-10H2,1-2H3,(H,18,19). The van der Waals surface area contributed by atoms with E-state index in [2.05, 4.69) is 64.6 Å². The maximum Gasteiger partial charge on any atom is 0.151 e. The van der Waals surface area contributed by atoms with Crippen molar-refractivity contribution in [1.29, 1.82) is 0 Å². The number of aromatic nitrogens is 2. The Morgan fingerprint density at radius 2 is 1.80 bits per heavy atom. The molecule has 1 fully saturated rings. The molecule has 0 atom stereocenters. The van der Waals surface area contributed by atoms with Crippen LogP contribution < -0.4 is 10.2 Å². The van der Waals surface area contributed by atoms with E-state index in [1.54, 1.807) is 0 Å². The minimum absolute atomic E-state index is 0.572. The molecule has 0 bridgehead atoms. The number of benzene rings is 1. The smallest absolute Gasteiger partial charge is 0.151 e. The summed E-state index contributed by atoms with van der Waals surface area (Å²) in [5, 5.41) is 11.0. The lowest BCUT2D eigenvalue weighted by molar-refractivity contribution is 0.584. The molecule has 106 valence electrons. The molecule has 3 rings (SSSR count). The number of anilines is 1. The first-order valence-electron chi connectivity index (χ1n) is 7.35. The Hall–Kier alpha value is -1.81. The highest BCUT2D eigenvalue weighted by Crippen LogP contribution is 2.24. The van der Waals surface area contributed by atoms with Gasteiger partial charge in [0.25, 0.3) is 0 Å². The Morgan fingerprint density at radius 1 is 1.10 bits per heavy atom. The molecule has 4 heteroatoms. The topological polar surface area (TPSA) is 44.0 Å². The summed E-state index contributed by atoms with van der Waals surface area (Å²) in [6, 6.07) is 10.9. The van der Waals surface area contributed by atoms with E-state index in [-0.39, 0.29) is 0 Å². The Kier molecular flexibility index (Phi) is 3.74. The van der Waals surface area contributed by atoms with E-state index in [1.807, 2.05) is 0 Å². The molecule has 1 saturated heterocycles. The monoisotopic (exact) mass is 270 g/mol. The molecule has 0 saturated carbocycles. The van der Waals surface area contributed by atoms with Gasteiger partial charge in [0.05, 0.1) is 5.69 Å². The van der Waals surface area contributed by atoms with E-state index in [0.717, 1.165) is 37.7 Å². The van der Waals surface area contributed by atoms with Gasteiger partial charge in [0.15, 0.2) is 5.82 Å². The third-order valence-corrected chi connectivity index (χ3v) is 3.89. The van der Waals surface area contributed by atoms with E-state index in [0.29, 0.717) is 5.92 Å². The molecule has 0 unspecified atom stereocenters. The molecule has 1 aromatic carbocycles. The van der Waals surface area contributed by atoms with Gasteiger partial charge in [-0.2, -0.15) is 5.10 Å². The summed E-state index contributed by atoms with van der Waals surface area (Å²) in [6.07, 6.45) is 0. The van der Waals surface area contributed by atoms with Crippen LogP contribution in [0.15, 0.2) is 30.3 Å². The molecule has 2 N–H and O–H groups in total. The molecular formula is C16H22N4. The minimum atomic E-state index is 0.572. The summed E-state index contributed by atoms with van der Waals surface area (Å²) in [7, 11) is 0. The summed E-state index contributed by atoms with van der Waals surface area (Å²) in [6.45, 7) is 8.55. The van der Waals surface area contributed by atoms with Crippen LogP contribution in [0.1, 0.15) is 25.3 Å². The highest BCUT2D eigenvalue weighted by Gasteiger charge is 2.14. The van der Waals surface area contributed by atoms with Gasteiger partial charge in [-0.05, 0) is 17.0 Å². The van der Waals surface area contributed by atoms with Crippen LogP contribution in [0.4, 0.5) is 5.82 Å². The third-order valence-electron chi connectivity index (χ3n) is 3.89. The average molecular weight is 270 g/mol. The van der Waals surface area contributed by atoms with Gasteiger partial charge in [0.2, 0.25) is 0 Å². The summed E-state index contributed by atoms with van der Waals surface area (Å²) < 4.78 is 0. The van der Waals surface area contributed by atoms with Crippen molar-refractivity contribution in [2.75, 3.05) is 31.1 Å². The fourth-order valence-electron chi connectivity index (χ4n) is 2.56. The van der Waals surface area contributed by atoms with Gasteiger partial charge in [-0.3, -0.25) is 5.10 Å². The molecule has 0 radical (unpaired) electrons. The molecule has 2 heterocycles. The minimum Gasteiger partial charge on any atom is -0.353 e. The van der Waals surface area contributed by atoms with Crippen molar-refractivity contribution in [3.8, 4) is 11.3 Å². The summed E-state index contributed by atoms with van der Waals surface area (Å²) in [4.78, 5) is 2.32. The number of nitrogens with zero attached hydrogens (tertiary/aromatic N) is 2. The molecule has 1 aliphatic heterocycles. The van der Waals surface area contributed by atoms with Gasteiger partial charge >= 0.3 is 0 Å². The highest BCUT2D eigenvalue weighted by molar-refractivity contribution is 5.63. The van der Waals surface area contributed by atoms with Crippen molar-refractivity contribution in [3.05, 3.63) is 35.9 Å². The molecule has 0 spiro atoms. The van der Waals surface area contributed by atoms with Crippen LogP contribution in [0, 0.1) is 0 Å². The van der Waals surface area contributed by atoms with E-state index >= 15 is 0 Å². The summed E-state index contributed by atoms with van der Waals surface area (Å²) in [5.41, 5.74) is 3.66. The zero-order valence-corrected chi connectivity index (χ0v) is 12.2. The molecule has 1 aromatic heterocycles. The van der Waals surface area contributed by atoms with Crippen molar-refractivity contribution in [1.82, 2.24) is 15.5 Å². The molecule has 2 aromatic rings. The molecular weight excluding hydrogens is 248 g/mol. The first-order chi connectivity index (χ1) is 9.74. The number of piperazine rings is 1. The lowest BCUT2D eigenvalue weighted by atomic mass is 10.0. The fourth-order valence-corrected chi connectivity index (χ4v) is 2.56. The summed E-state index contributed by atoms with van der Waals surface area (Å²) in [5.74, 6) is 1.62. The van der Waals surface area contributed by atoms with Crippen molar-refractivity contribution < 1.29 is 0 Å². The third kappa shape index (κ3) is 2.70. The Labute approximate surface area is 120 Å². The number of hydrogen-bond acceptors (Lipinski definition) is 3. The first-order valence-corrected chi connectivity index (χ1v) is 7.35. The van der Waals surface area contributed by atoms with Gasteiger partial charge in [-0.15, -0.1) is 0 Å². The molecule has 20 heavy (non-hydrogen) atoms. The highest BCUT2D eigenvalue weighted by atomic mass is 15.3. The van der Waals surface area contributed by atoms with Crippen molar-refractivity contribution >= 4 is 5.82 Å². The Bertz CT molecular complexity index is 550. The van der Waals surface area contributed by atoms with E-state index < -0.39 is 0 Å². The second-order valence-corrected chi connectivity index (χ2v) is 5.65. The van der Waals surface area contributed by atoms with Crippen LogP contribution in [0.25, 0.3) is 11.3 Å². The predicted octanol–water partition coefficient (Wildman–Crippen LogP) is 2.61. The van der Waals surface area contributed by atoms with Crippen LogP contribution >= 0.6 is 0 Å². The fraction of sp³-hybridized carbons (Fsp3) is 0.438. The van der Waals surface area contributed by atoms with Gasteiger partial charge < -0.3 is 10.2 Å². The van der Waals surface area contributed by atoms with Crippen LogP contribution in [0.3, 0.4) is 0 Å². The molecule has 0 aliphatic carbocycles. The van der Waals surface area contributed by atoms with Crippen molar-refractivity contribution in [2.45, 2.75) is 19.8 Å². The van der Waals surface area contributed by atoms with Crippen molar-refractivity contribution in [2.24, 2.45) is 0 Å². The van der Waals surface area contributed by atoms with Crippen molar-refractivity contribution in [3.63, 3.8) is 0 Å². The molecule has 4 nitrogen and oxygen atoms in total.